The van der Waals surface area contributed by atoms with Gasteiger partial charge in [0.15, 0.2) is 0 Å². The second-order valence-electron chi connectivity index (χ2n) is 2.88. The molecule has 0 aliphatic carbocycles. The number of nitrogens with zero attached hydrogens (tertiary/aromatic N) is 1. The Morgan fingerprint density at radius 2 is 2.00 bits per heavy atom. The summed E-state index contributed by atoms with van der Waals surface area (Å²) in [5, 5.41) is 0. The Bertz CT molecular complexity index is 177. The molecule has 1 heterocycles. The predicted octanol–water partition coefficient (Wildman–Crippen LogP) is 1.57. The van der Waals surface area contributed by atoms with Gasteiger partial charge in [0.1, 0.15) is 0 Å². The maximum atomic E-state index is 11.2. The largest absolute Gasteiger partial charge is 0.283 e. The van der Waals surface area contributed by atoms with Gasteiger partial charge in [0.05, 0.1) is 0 Å². The summed E-state index contributed by atoms with van der Waals surface area (Å²) in [5.41, 5.74) is 0. The molecule has 0 aromatic carbocycles. The van der Waals surface area contributed by atoms with Gasteiger partial charge in [0, 0.05) is 19.9 Å². The van der Waals surface area contributed by atoms with Gasteiger partial charge in [0.25, 0.3) is 0 Å². The molecule has 0 radical (unpaired) electrons. The monoisotopic (exact) mass is 171 g/mol. The number of imide groups is 1. The number of likely N-dealkylation sites (tertiary alicyclic amines) is 1. The van der Waals surface area contributed by atoms with Crippen molar-refractivity contribution >= 4 is 11.8 Å². The number of amides is 2. The van der Waals surface area contributed by atoms with Crippen molar-refractivity contribution in [1.29, 1.82) is 0 Å². The molecule has 3 heteroatoms. The van der Waals surface area contributed by atoms with Crippen molar-refractivity contribution in [2.75, 3.05) is 6.54 Å². The van der Waals surface area contributed by atoms with Gasteiger partial charge in [-0.25, -0.2) is 0 Å². The molecule has 3 nitrogen and oxygen atoms in total. The van der Waals surface area contributed by atoms with Crippen LogP contribution in [0.1, 0.15) is 40.0 Å². The third-order valence-corrected chi connectivity index (χ3v) is 1.95. The lowest BCUT2D eigenvalue weighted by Crippen LogP contribution is -2.34. The summed E-state index contributed by atoms with van der Waals surface area (Å²) in [7, 11) is 0. The van der Waals surface area contributed by atoms with E-state index in [9.17, 15) is 9.59 Å². The van der Waals surface area contributed by atoms with Crippen molar-refractivity contribution in [3.05, 3.63) is 0 Å². The summed E-state index contributed by atoms with van der Waals surface area (Å²) in [6.07, 6.45) is 3.50. The lowest BCUT2D eigenvalue weighted by atomic mass is 10.2. The number of carbonyl (C=O) groups is 2. The average molecular weight is 171 g/mol. The van der Waals surface area contributed by atoms with Crippen molar-refractivity contribution in [3.63, 3.8) is 0 Å². The van der Waals surface area contributed by atoms with Gasteiger partial charge in [-0.3, -0.25) is 14.5 Å². The molecule has 1 rings (SSSR count). The zero-order valence-electron chi connectivity index (χ0n) is 6.80. The van der Waals surface area contributed by atoms with E-state index >= 15 is 0 Å². The van der Waals surface area contributed by atoms with Gasteiger partial charge in [-0.2, -0.15) is 0 Å². The topological polar surface area (TPSA) is 37.4 Å². The fourth-order valence-corrected chi connectivity index (χ4v) is 1.32. The lowest BCUT2D eigenvalue weighted by Gasteiger charge is -2.15. The van der Waals surface area contributed by atoms with E-state index in [4.69, 9.17) is 0 Å². The Balaban J connectivity index is 0.00000121. The van der Waals surface area contributed by atoms with Gasteiger partial charge < -0.3 is 0 Å². The molecule has 0 spiro atoms. The molecule has 1 saturated heterocycles. The van der Waals surface area contributed by atoms with Crippen molar-refractivity contribution in [2.24, 2.45) is 0 Å². The van der Waals surface area contributed by atoms with E-state index in [-0.39, 0.29) is 19.2 Å². The SMILES string of the molecule is C.CC(=O)N1CCCCCC1=O. The van der Waals surface area contributed by atoms with E-state index in [1.807, 2.05) is 0 Å². The smallest absolute Gasteiger partial charge is 0.229 e. The quantitative estimate of drug-likeness (QED) is 0.554. The summed E-state index contributed by atoms with van der Waals surface area (Å²) in [4.78, 5) is 23.4. The molecule has 0 saturated carbocycles. The molecule has 70 valence electrons. The summed E-state index contributed by atoms with van der Waals surface area (Å²) < 4.78 is 0. The predicted molar refractivity (Wildman–Crippen MR) is 47.6 cm³/mol. The highest BCUT2D eigenvalue weighted by atomic mass is 16.2. The molecule has 1 aliphatic heterocycles. The maximum Gasteiger partial charge on any atom is 0.229 e. The van der Waals surface area contributed by atoms with E-state index in [1.165, 1.54) is 11.8 Å². The van der Waals surface area contributed by atoms with Crippen LogP contribution in [0.5, 0.6) is 0 Å². The normalized spacial score (nSPS) is 18.1. The second kappa shape index (κ2) is 4.91. The molecule has 0 aromatic rings. The maximum absolute atomic E-state index is 11.2. The zero-order valence-corrected chi connectivity index (χ0v) is 6.80. The molecule has 1 fully saturated rings. The van der Waals surface area contributed by atoms with Crippen LogP contribution < -0.4 is 0 Å². The first kappa shape index (κ1) is 11.1. The highest BCUT2D eigenvalue weighted by molar-refractivity contribution is 5.94. The number of carbonyl (C=O) groups excluding carboxylic acids is 2. The van der Waals surface area contributed by atoms with Gasteiger partial charge in [-0.1, -0.05) is 13.8 Å². The molecule has 2 amide bonds. The molecule has 0 atom stereocenters. The molecule has 0 N–H and O–H groups in total. The molecule has 1 aliphatic rings. The Hall–Kier alpha value is -0.860. The molecule has 0 aromatic heterocycles. The first-order valence-corrected chi connectivity index (χ1v) is 4.03. The van der Waals surface area contributed by atoms with Gasteiger partial charge in [-0.15, -0.1) is 0 Å². The summed E-state index contributed by atoms with van der Waals surface area (Å²) >= 11 is 0. The Morgan fingerprint density at radius 1 is 1.33 bits per heavy atom. The highest BCUT2D eigenvalue weighted by Crippen LogP contribution is 2.10. The van der Waals surface area contributed by atoms with E-state index in [2.05, 4.69) is 0 Å². The highest BCUT2D eigenvalue weighted by Gasteiger charge is 2.19. The van der Waals surface area contributed by atoms with Crippen molar-refractivity contribution < 1.29 is 9.59 Å². The number of hydrogen-bond donors (Lipinski definition) is 0. The standard InChI is InChI=1S/C8H13NO2.CH4/c1-7(10)9-6-4-2-3-5-8(9)11;/h2-6H2,1H3;1H4. The summed E-state index contributed by atoms with van der Waals surface area (Å²) in [6.45, 7) is 2.07. The second-order valence-corrected chi connectivity index (χ2v) is 2.88. The van der Waals surface area contributed by atoms with Crippen LogP contribution in [0.15, 0.2) is 0 Å². The Kier molecular flexibility index (Phi) is 4.55. The fraction of sp³-hybridized carbons (Fsp3) is 0.778. The third-order valence-electron chi connectivity index (χ3n) is 1.95. The van der Waals surface area contributed by atoms with E-state index < -0.39 is 0 Å². The molecule has 0 unspecified atom stereocenters. The Morgan fingerprint density at radius 3 is 2.58 bits per heavy atom. The van der Waals surface area contributed by atoms with Crippen LogP contribution in [0, 0.1) is 0 Å². The first-order chi connectivity index (χ1) is 5.22. The van der Waals surface area contributed by atoms with Crippen molar-refractivity contribution in [3.8, 4) is 0 Å². The van der Waals surface area contributed by atoms with Crippen LogP contribution >= 0.6 is 0 Å². The van der Waals surface area contributed by atoms with Crippen molar-refractivity contribution in [1.82, 2.24) is 4.90 Å². The minimum atomic E-state index is -0.114. The zero-order chi connectivity index (χ0) is 8.27. The van der Waals surface area contributed by atoms with Gasteiger partial charge in [-0.05, 0) is 12.8 Å². The van der Waals surface area contributed by atoms with E-state index in [1.54, 1.807) is 0 Å². The van der Waals surface area contributed by atoms with Crippen LogP contribution in [0.3, 0.4) is 0 Å². The minimum absolute atomic E-state index is 0. The van der Waals surface area contributed by atoms with Crippen LogP contribution in [-0.4, -0.2) is 23.3 Å². The summed E-state index contributed by atoms with van der Waals surface area (Å²) in [5.74, 6) is -0.119. The first-order valence-electron chi connectivity index (χ1n) is 4.03. The van der Waals surface area contributed by atoms with E-state index in [0.717, 1.165) is 19.3 Å². The van der Waals surface area contributed by atoms with E-state index in [0.29, 0.717) is 13.0 Å². The van der Waals surface area contributed by atoms with Crippen LogP contribution in [0.4, 0.5) is 0 Å². The lowest BCUT2D eigenvalue weighted by molar-refractivity contribution is -0.142. The minimum Gasteiger partial charge on any atom is -0.283 e. The van der Waals surface area contributed by atoms with Crippen LogP contribution in [-0.2, 0) is 9.59 Å². The fourth-order valence-electron chi connectivity index (χ4n) is 1.32. The number of rotatable bonds is 0. The van der Waals surface area contributed by atoms with Crippen LogP contribution in [0.2, 0.25) is 0 Å². The Labute approximate surface area is 73.7 Å². The van der Waals surface area contributed by atoms with Gasteiger partial charge in [0.2, 0.25) is 11.8 Å². The molecule has 12 heavy (non-hydrogen) atoms. The molecular weight excluding hydrogens is 154 g/mol. The van der Waals surface area contributed by atoms with Gasteiger partial charge >= 0.3 is 0 Å². The average Bonchev–Trinajstić information content (AvgIpc) is 2.13. The third kappa shape index (κ3) is 2.64. The molecular formula is C9H17NO2. The number of hydrogen-bond acceptors (Lipinski definition) is 2. The summed E-state index contributed by atoms with van der Waals surface area (Å²) in [6, 6.07) is 0. The van der Waals surface area contributed by atoms with Crippen LogP contribution in [0.25, 0.3) is 0 Å². The van der Waals surface area contributed by atoms with Crippen molar-refractivity contribution in [2.45, 2.75) is 40.0 Å². The molecule has 0 bridgehead atoms.